The van der Waals surface area contributed by atoms with Crippen molar-refractivity contribution in [2.75, 3.05) is 45.2 Å². The Morgan fingerprint density at radius 1 is 1.17 bits per heavy atom. The molecule has 1 aromatic carbocycles. The molecule has 2 amide bonds. The smallest absolute Gasteiger partial charge is 0.414 e. The quantitative estimate of drug-likeness (QED) is 0.527. The first-order valence-electron chi connectivity index (χ1n) is 10.8. The Labute approximate surface area is 178 Å². The van der Waals surface area contributed by atoms with Gasteiger partial charge in [0.25, 0.3) is 0 Å². The molecule has 0 aromatic heterocycles. The van der Waals surface area contributed by atoms with E-state index in [1.165, 1.54) is 32.1 Å². The topological polar surface area (TPSA) is 86.3 Å². The monoisotopic (exact) mass is 415 g/mol. The van der Waals surface area contributed by atoms with Crippen molar-refractivity contribution in [1.82, 2.24) is 15.5 Å². The average molecular weight is 416 g/mol. The molecular weight excluding hydrogens is 382 g/mol. The van der Waals surface area contributed by atoms with Crippen LogP contribution in [0.15, 0.2) is 29.3 Å². The summed E-state index contributed by atoms with van der Waals surface area (Å²) in [6.07, 6.45) is 6.11. The Kier molecular flexibility index (Phi) is 7.93. The third kappa shape index (κ3) is 6.37. The fraction of sp³-hybridized carbons (Fsp3) is 0.591. The maximum absolute atomic E-state index is 12.0. The van der Waals surface area contributed by atoms with Crippen LogP contribution in [0.25, 0.3) is 0 Å². The molecule has 164 valence electrons. The van der Waals surface area contributed by atoms with E-state index in [0.29, 0.717) is 31.6 Å². The SMILES string of the molecule is CN(C)C(=O)CNC(=NCc1ccc(N2CCOC2=O)cc1)NCC1CCCCC1. The fourth-order valence-electron chi connectivity index (χ4n) is 3.70. The van der Waals surface area contributed by atoms with E-state index >= 15 is 0 Å². The van der Waals surface area contributed by atoms with Crippen molar-refractivity contribution in [1.29, 1.82) is 0 Å². The zero-order chi connectivity index (χ0) is 21.3. The Morgan fingerprint density at radius 2 is 1.90 bits per heavy atom. The number of benzene rings is 1. The normalized spacial score (nSPS) is 17.6. The number of cyclic esters (lactones) is 1. The number of rotatable bonds is 7. The summed E-state index contributed by atoms with van der Waals surface area (Å²) in [6, 6.07) is 7.76. The number of carbonyl (C=O) groups excluding carboxylic acids is 2. The molecule has 1 saturated heterocycles. The van der Waals surface area contributed by atoms with Gasteiger partial charge in [0.05, 0.1) is 19.6 Å². The van der Waals surface area contributed by atoms with Crippen LogP contribution in [-0.2, 0) is 16.1 Å². The van der Waals surface area contributed by atoms with Crippen LogP contribution in [-0.4, -0.2) is 63.2 Å². The summed E-state index contributed by atoms with van der Waals surface area (Å²) in [7, 11) is 3.49. The second-order valence-electron chi connectivity index (χ2n) is 8.12. The lowest BCUT2D eigenvalue weighted by molar-refractivity contribution is -0.127. The number of ether oxygens (including phenoxy) is 1. The van der Waals surface area contributed by atoms with Crippen LogP contribution < -0.4 is 15.5 Å². The molecule has 2 fully saturated rings. The van der Waals surface area contributed by atoms with Crippen LogP contribution in [0.5, 0.6) is 0 Å². The van der Waals surface area contributed by atoms with Gasteiger partial charge >= 0.3 is 6.09 Å². The van der Waals surface area contributed by atoms with Gasteiger partial charge in [-0.25, -0.2) is 9.79 Å². The molecule has 0 radical (unpaired) electrons. The van der Waals surface area contributed by atoms with Crippen LogP contribution in [0.3, 0.4) is 0 Å². The summed E-state index contributed by atoms with van der Waals surface area (Å²) < 4.78 is 4.99. The summed E-state index contributed by atoms with van der Waals surface area (Å²) >= 11 is 0. The maximum Gasteiger partial charge on any atom is 0.414 e. The third-order valence-corrected chi connectivity index (χ3v) is 5.62. The van der Waals surface area contributed by atoms with Crippen molar-refractivity contribution in [2.24, 2.45) is 10.9 Å². The van der Waals surface area contributed by atoms with Gasteiger partial charge in [0.15, 0.2) is 5.96 Å². The van der Waals surface area contributed by atoms with E-state index in [1.807, 2.05) is 24.3 Å². The molecule has 0 spiro atoms. The Balaban J connectivity index is 1.59. The molecule has 3 rings (SSSR count). The largest absolute Gasteiger partial charge is 0.447 e. The van der Waals surface area contributed by atoms with Crippen LogP contribution in [0.4, 0.5) is 10.5 Å². The number of carbonyl (C=O) groups is 2. The van der Waals surface area contributed by atoms with Crippen molar-refractivity contribution in [3.05, 3.63) is 29.8 Å². The average Bonchev–Trinajstić information content (AvgIpc) is 3.19. The summed E-state index contributed by atoms with van der Waals surface area (Å²) in [5.74, 6) is 1.32. The minimum atomic E-state index is -0.301. The van der Waals surface area contributed by atoms with Crippen molar-refractivity contribution in [3.8, 4) is 0 Å². The Bertz CT molecular complexity index is 742. The Hall–Kier alpha value is -2.77. The lowest BCUT2D eigenvalue weighted by Crippen LogP contribution is -2.44. The molecular formula is C22H33N5O3. The number of aliphatic imine (C=N–C) groups is 1. The second kappa shape index (κ2) is 10.8. The van der Waals surface area contributed by atoms with Crippen LogP contribution in [0, 0.1) is 5.92 Å². The zero-order valence-corrected chi connectivity index (χ0v) is 18.0. The van der Waals surface area contributed by atoms with Gasteiger partial charge < -0.3 is 20.3 Å². The predicted molar refractivity (Wildman–Crippen MR) is 118 cm³/mol. The summed E-state index contributed by atoms with van der Waals surface area (Å²) in [5, 5.41) is 6.57. The highest BCUT2D eigenvalue weighted by Gasteiger charge is 2.23. The molecule has 8 heteroatoms. The molecule has 1 aliphatic heterocycles. The van der Waals surface area contributed by atoms with E-state index in [9.17, 15) is 9.59 Å². The number of hydrogen-bond acceptors (Lipinski definition) is 4. The van der Waals surface area contributed by atoms with Gasteiger partial charge in [-0.3, -0.25) is 9.69 Å². The highest BCUT2D eigenvalue weighted by Crippen LogP contribution is 2.23. The molecule has 1 heterocycles. The van der Waals surface area contributed by atoms with Crippen molar-refractivity contribution < 1.29 is 14.3 Å². The molecule has 0 bridgehead atoms. The van der Waals surface area contributed by atoms with Crippen molar-refractivity contribution in [2.45, 2.75) is 38.6 Å². The van der Waals surface area contributed by atoms with E-state index in [1.54, 1.807) is 23.9 Å². The summed E-state index contributed by atoms with van der Waals surface area (Å²) in [5.41, 5.74) is 1.86. The Morgan fingerprint density at radius 3 is 2.53 bits per heavy atom. The highest BCUT2D eigenvalue weighted by molar-refractivity contribution is 5.89. The zero-order valence-electron chi connectivity index (χ0n) is 18.0. The lowest BCUT2D eigenvalue weighted by atomic mass is 9.89. The number of guanidine groups is 1. The molecule has 0 atom stereocenters. The van der Waals surface area contributed by atoms with Gasteiger partial charge in [0.2, 0.25) is 5.91 Å². The molecule has 1 aromatic rings. The summed E-state index contributed by atoms with van der Waals surface area (Å²) in [4.78, 5) is 31.5. The van der Waals surface area contributed by atoms with E-state index in [2.05, 4.69) is 15.6 Å². The molecule has 2 N–H and O–H groups in total. The molecule has 8 nitrogen and oxygen atoms in total. The van der Waals surface area contributed by atoms with Crippen LogP contribution in [0.2, 0.25) is 0 Å². The van der Waals surface area contributed by atoms with Gasteiger partial charge in [-0.15, -0.1) is 0 Å². The lowest BCUT2D eigenvalue weighted by Gasteiger charge is -2.23. The number of likely N-dealkylation sites (N-methyl/N-ethyl adjacent to an activating group) is 1. The predicted octanol–water partition coefficient (Wildman–Crippen LogP) is 2.35. The minimum absolute atomic E-state index is 0.00372. The fourth-order valence-corrected chi connectivity index (χ4v) is 3.70. The van der Waals surface area contributed by atoms with E-state index in [4.69, 9.17) is 4.74 Å². The van der Waals surface area contributed by atoms with E-state index in [-0.39, 0.29) is 18.5 Å². The summed E-state index contributed by atoms with van der Waals surface area (Å²) in [6.45, 7) is 2.58. The van der Waals surface area contributed by atoms with Crippen LogP contribution >= 0.6 is 0 Å². The van der Waals surface area contributed by atoms with Gasteiger partial charge in [-0.05, 0) is 36.5 Å². The molecule has 2 aliphatic rings. The van der Waals surface area contributed by atoms with Gasteiger partial charge in [0, 0.05) is 26.3 Å². The molecule has 1 saturated carbocycles. The standard InChI is InChI=1S/C22H33N5O3/c1-26(2)20(28)16-25-21(23-14-17-6-4-3-5-7-17)24-15-18-8-10-19(11-9-18)27-12-13-30-22(27)29/h8-11,17H,3-7,12-16H2,1-2H3,(H2,23,24,25). The second-order valence-corrected chi connectivity index (χ2v) is 8.12. The van der Waals surface area contributed by atoms with Crippen molar-refractivity contribution in [3.63, 3.8) is 0 Å². The van der Waals surface area contributed by atoms with E-state index < -0.39 is 0 Å². The number of hydrogen-bond donors (Lipinski definition) is 2. The highest BCUT2D eigenvalue weighted by atomic mass is 16.6. The first-order chi connectivity index (χ1) is 14.5. The van der Waals surface area contributed by atoms with Gasteiger partial charge in [-0.1, -0.05) is 31.4 Å². The maximum atomic E-state index is 12.0. The van der Waals surface area contributed by atoms with Gasteiger partial charge in [0.1, 0.15) is 6.61 Å². The number of nitrogens with one attached hydrogen (secondary N) is 2. The first-order valence-corrected chi connectivity index (χ1v) is 10.8. The minimum Gasteiger partial charge on any atom is -0.447 e. The van der Waals surface area contributed by atoms with E-state index in [0.717, 1.165) is 17.8 Å². The third-order valence-electron chi connectivity index (χ3n) is 5.62. The molecule has 0 unspecified atom stereocenters. The molecule has 30 heavy (non-hydrogen) atoms. The van der Waals surface area contributed by atoms with Gasteiger partial charge in [-0.2, -0.15) is 0 Å². The first kappa shape index (κ1) is 21.9. The van der Waals surface area contributed by atoms with Crippen molar-refractivity contribution >= 4 is 23.6 Å². The number of anilines is 1. The number of amides is 2. The molecule has 1 aliphatic carbocycles. The number of nitrogens with zero attached hydrogens (tertiary/aromatic N) is 3. The van der Waals surface area contributed by atoms with Crippen LogP contribution in [0.1, 0.15) is 37.7 Å².